The van der Waals surface area contributed by atoms with E-state index in [-0.39, 0.29) is 5.91 Å². The van der Waals surface area contributed by atoms with Crippen LogP contribution in [-0.4, -0.2) is 18.4 Å². The van der Waals surface area contributed by atoms with Crippen LogP contribution in [0.3, 0.4) is 0 Å². The second-order valence-corrected chi connectivity index (χ2v) is 3.47. The van der Waals surface area contributed by atoms with Gasteiger partial charge >= 0.3 is 0 Å². The van der Waals surface area contributed by atoms with Gasteiger partial charge in [-0.05, 0) is 0 Å². The van der Waals surface area contributed by atoms with Crippen LogP contribution < -0.4 is 5.32 Å². The summed E-state index contributed by atoms with van der Waals surface area (Å²) in [6.45, 7) is 0. The fourth-order valence-electron chi connectivity index (χ4n) is 1.73. The topological polar surface area (TPSA) is 66.2 Å². The second-order valence-electron chi connectivity index (χ2n) is 3.47. The number of aliphatic imine (C=N–C) groups is 1. The van der Waals surface area contributed by atoms with Crippen LogP contribution in [0.2, 0.25) is 0 Å². The number of azo groups is 1. The highest BCUT2D eigenvalue weighted by Gasteiger charge is 2.31. The Morgan fingerprint density at radius 1 is 1.19 bits per heavy atom. The van der Waals surface area contributed by atoms with E-state index in [4.69, 9.17) is 0 Å². The lowest BCUT2D eigenvalue weighted by molar-refractivity contribution is -0.116. The molecule has 2 heterocycles. The van der Waals surface area contributed by atoms with Crippen LogP contribution >= 0.6 is 0 Å². The van der Waals surface area contributed by atoms with Crippen molar-refractivity contribution in [2.24, 2.45) is 15.2 Å². The minimum Gasteiger partial charge on any atom is -0.313 e. The molecule has 16 heavy (non-hydrogen) atoms. The molecule has 3 rings (SSSR count). The van der Waals surface area contributed by atoms with Crippen molar-refractivity contribution >= 4 is 17.9 Å². The molecule has 0 aliphatic carbocycles. The highest BCUT2D eigenvalue weighted by molar-refractivity contribution is 6.08. The molecular weight excluding hydrogens is 204 g/mol. The summed E-state index contributed by atoms with van der Waals surface area (Å²) in [5, 5.41) is 10.5. The Bertz CT molecular complexity index is 530. The zero-order chi connectivity index (χ0) is 11.0. The number of nitrogens with one attached hydrogen (secondary N) is 1. The average molecular weight is 212 g/mol. The van der Waals surface area contributed by atoms with Crippen LogP contribution in [0.1, 0.15) is 5.56 Å². The van der Waals surface area contributed by atoms with Crippen molar-refractivity contribution < 1.29 is 4.79 Å². The van der Waals surface area contributed by atoms with Gasteiger partial charge < -0.3 is 5.32 Å². The van der Waals surface area contributed by atoms with Gasteiger partial charge in [0.05, 0.1) is 11.9 Å². The van der Waals surface area contributed by atoms with Gasteiger partial charge in [-0.3, -0.25) is 4.79 Å². The smallest absolute Gasteiger partial charge is 0.258 e. The van der Waals surface area contributed by atoms with Crippen LogP contribution in [0.5, 0.6) is 0 Å². The quantitative estimate of drug-likeness (QED) is 0.750. The van der Waals surface area contributed by atoms with Crippen LogP contribution in [0.15, 0.2) is 51.1 Å². The van der Waals surface area contributed by atoms with Gasteiger partial charge in [0.1, 0.15) is 5.70 Å². The number of fused-ring (bicyclic) bond motifs is 1. The molecule has 0 fully saturated rings. The van der Waals surface area contributed by atoms with Gasteiger partial charge in [-0.2, -0.15) is 10.2 Å². The van der Waals surface area contributed by atoms with Gasteiger partial charge in [0.15, 0.2) is 6.17 Å². The Balaban J connectivity index is 2.14. The SMILES string of the molecule is O=C1NC=NC2N=NC(c3ccccc3)=C12. The molecule has 0 saturated carbocycles. The number of hydrogen-bond acceptors (Lipinski definition) is 4. The Morgan fingerprint density at radius 2 is 2.00 bits per heavy atom. The van der Waals surface area contributed by atoms with E-state index in [1.807, 2.05) is 30.3 Å². The first-order chi connectivity index (χ1) is 7.86. The van der Waals surface area contributed by atoms with Crippen molar-refractivity contribution in [3.05, 3.63) is 41.5 Å². The number of carbonyl (C=O) groups is 1. The molecule has 2 aliphatic heterocycles. The van der Waals surface area contributed by atoms with Crippen LogP contribution in [0, 0.1) is 0 Å². The van der Waals surface area contributed by atoms with Crippen molar-refractivity contribution in [2.45, 2.75) is 6.17 Å². The zero-order valence-electron chi connectivity index (χ0n) is 8.29. The summed E-state index contributed by atoms with van der Waals surface area (Å²) in [5.41, 5.74) is 2.02. The minimum atomic E-state index is -0.469. The van der Waals surface area contributed by atoms with E-state index >= 15 is 0 Å². The van der Waals surface area contributed by atoms with E-state index in [9.17, 15) is 4.79 Å². The third-order valence-electron chi connectivity index (χ3n) is 2.48. The Morgan fingerprint density at radius 3 is 2.81 bits per heavy atom. The highest BCUT2D eigenvalue weighted by Crippen LogP contribution is 2.31. The normalized spacial score (nSPS) is 22.2. The first-order valence-electron chi connectivity index (χ1n) is 4.89. The predicted molar refractivity (Wildman–Crippen MR) is 58.6 cm³/mol. The number of hydrogen-bond donors (Lipinski definition) is 1. The maximum Gasteiger partial charge on any atom is 0.258 e. The lowest BCUT2D eigenvalue weighted by Crippen LogP contribution is -2.32. The van der Waals surface area contributed by atoms with Crippen LogP contribution in [0.4, 0.5) is 0 Å². The number of nitrogens with zero attached hydrogens (tertiary/aromatic N) is 3. The fourth-order valence-corrected chi connectivity index (χ4v) is 1.73. The first kappa shape index (κ1) is 8.96. The number of rotatable bonds is 1. The Hall–Kier alpha value is -2.30. The number of benzene rings is 1. The lowest BCUT2D eigenvalue weighted by atomic mass is 10.0. The summed E-state index contributed by atoms with van der Waals surface area (Å²) >= 11 is 0. The van der Waals surface area contributed by atoms with E-state index in [0.29, 0.717) is 11.3 Å². The van der Waals surface area contributed by atoms with Gasteiger partial charge in [0.25, 0.3) is 5.91 Å². The lowest BCUT2D eigenvalue weighted by Gasteiger charge is -2.11. The number of carbonyl (C=O) groups excluding carboxylic acids is 1. The monoisotopic (exact) mass is 212 g/mol. The van der Waals surface area contributed by atoms with Crippen molar-refractivity contribution in [1.29, 1.82) is 0 Å². The molecule has 1 N–H and O–H groups in total. The molecule has 5 heteroatoms. The third kappa shape index (κ3) is 1.25. The van der Waals surface area contributed by atoms with Gasteiger partial charge in [-0.1, -0.05) is 30.3 Å². The summed E-state index contributed by atoms with van der Waals surface area (Å²) in [5.74, 6) is -0.177. The molecule has 1 aromatic carbocycles. The summed E-state index contributed by atoms with van der Waals surface area (Å²) < 4.78 is 0. The molecule has 0 saturated heterocycles. The molecule has 1 aromatic rings. The zero-order valence-corrected chi connectivity index (χ0v) is 8.29. The molecular formula is C11H8N4O. The predicted octanol–water partition coefficient (Wildman–Crippen LogP) is 1.35. The maximum atomic E-state index is 11.7. The van der Waals surface area contributed by atoms with Crippen molar-refractivity contribution in [2.75, 3.05) is 0 Å². The molecule has 5 nitrogen and oxygen atoms in total. The highest BCUT2D eigenvalue weighted by atomic mass is 16.2. The van der Waals surface area contributed by atoms with Gasteiger partial charge in [-0.15, -0.1) is 0 Å². The largest absolute Gasteiger partial charge is 0.313 e. The van der Waals surface area contributed by atoms with Crippen molar-refractivity contribution in [3.8, 4) is 0 Å². The van der Waals surface area contributed by atoms with E-state index in [1.165, 1.54) is 6.34 Å². The standard InChI is InChI=1S/C11H8N4O/c16-11-8-9(7-4-2-1-3-5-7)14-15-10(8)12-6-13-11/h1-6,10H,(H,12,13,16). The maximum absolute atomic E-state index is 11.7. The molecule has 1 unspecified atom stereocenters. The second kappa shape index (κ2) is 3.37. The van der Waals surface area contributed by atoms with Gasteiger partial charge in [-0.25, -0.2) is 4.99 Å². The molecule has 0 spiro atoms. The van der Waals surface area contributed by atoms with Crippen molar-refractivity contribution in [3.63, 3.8) is 0 Å². The average Bonchev–Trinajstić information content (AvgIpc) is 2.75. The molecule has 0 bridgehead atoms. The van der Waals surface area contributed by atoms with Crippen molar-refractivity contribution in [1.82, 2.24) is 5.32 Å². The molecule has 1 amide bonds. The minimum absolute atomic E-state index is 0.177. The van der Waals surface area contributed by atoms with E-state index in [1.54, 1.807) is 0 Å². The number of amides is 1. The molecule has 0 aromatic heterocycles. The summed E-state index contributed by atoms with van der Waals surface area (Å²) in [4.78, 5) is 15.7. The van der Waals surface area contributed by atoms with E-state index in [0.717, 1.165) is 5.56 Å². The van der Waals surface area contributed by atoms with E-state index in [2.05, 4.69) is 20.5 Å². The first-order valence-corrected chi connectivity index (χ1v) is 4.89. The fraction of sp³-hybridized carbons (Fsp3) is 0.0909. The van der Waals surface area contributed by atoms with Gasteiger partial charge in [0.2, 0.25) is 0 Å². The summed E-state index contributed by atoms with van der Waals surface area (Å²) in [7, 11) is 0. The Kier molecular flexibility index (Phi) is 1.89. The van der Waals surface area contributed by atoms with E-state index < -0.39 is 6.17 Å². The van der Waals surface area contributed by atoms with Crippen LogP contribution in [0.25, 0.3) is 5.70 Å². The van der Waals surface area contributed by atoms with Gasteiger partial charge in [0, 0.05) is 5.56 Å². The summed E-state index contributed by atoms with van der Waals surface area (Å²) in [6.07, 6.45) is 0.896. The summed E-state index contributed by atoms with van der Waals surface area (Å²) in [6, 6.07) is 9.51. The molecule has 78 valence electrons. The molecule has 1 atom stereocenters. The Labute approximate surface area is 91.6 Å². The molecule has 2 aliphatic rings. The van der Waals surface area contributed by atoms with Crippen LogP contribution in [-0.2, 0) is 4.79 Å². The third-order valence-corrected chi connectivity index (χ3v) is 2.48. The molecule has 0 radical (unpaired) electrons.